The first-order chi connectivity index (χ1) is 5.58. The zero-order chi connectivity index (χ0) is 9.03. The van der Waals surface area contributed by atoms with E-state index in [0.717, 1.165) is 18.7 Å². The van der Waals surface area contributed by atoms with Crippen molar-refractivity contribution < 1.29 is 0 Å². The van der Waals surface area contributed by atoms with E-state index in [1.807, 2.05) is 0 Å². The molecule has 68 valence electrons. The summed E-state index contributed by atoms with van der Waals surface area (Å²) in [5.74, 6) is 0.957. The number of nitrogens with one attached hydrogen (secondary N) is 1. The van der Waals surface area contributed by atoms with Gasteiger partial charge in [0.2, 0.25) is 0 Å². The summed E-state index contributed by atoms with van der Waals surface area (Å²) < 4.78 is 0. The molecule has 0 fully saturated rings. The number of aromatic nitrogens is 2. The number of hydrogen-bond acceptors (Lipinski definition) is 1. The van der Waals surface area contributed by atoms with Crippen LogP contribution < -0.4 is 0 Å². The lowest BCUT2D eigenvalue weighted by molar-refractivity contribution is 0.852. The lowest BCUT2D eigenvalue weighted by Gasteiger charge is -2.05. The number of hydrogen-bond donors (Lipinski definition) is 1. The second-order valence-corrected chi connectivity index (χ2v) is 11.8. The van der Waals surface area contributed by atoms with E-state index in [4.69, 9.17) is 33.2 Å². The first kappa shape index (κ1) is 10.4. The predicted octanol–water partition coefficient (Wildman–Crippen LogP) is 3.00. The van der Waals surface area contributed by atoms with E-state index < -0.39 is 6.00 Å². The van der Waals surface area contributed by atoms with Crippen molar-refractivity contribution >= 4 is 39.2 Å². The number of aromatic amines is 1. The molecule has 0 aliphatic heterocycles. The van der Waals surface area contributed by atoms with Gasteiger partial charge in [0.1, 0.15) is 5.82 Å². The lowest BCUT2D eigenvalue weighted by atomic mass is 10.3. The minimum Gasteiger partial charge on any atom is -0.349 e. The molecule has 0 unspecified atom stereocenters. The van der Waals surface area contributed by atoms with Crippen LogP contribution in [0.5, 0.6) is 0 Å². The predicted molar refractivity (Wildman–Crippen MR) is 55.0 cm³/mol. The SMILES string of the molecule is Cl[Si](Cl)(Cl)CCCc1ncc[nH]1. The van der Waals surface area contributed by atoms with Gasteiger partial charge in [-0.1, -0.05) is 0 Å². The van der Waals surface area contributed by atoms with Crippen molar-refractivity contribution in [1.29, 1.82) is 0 Å². The molecule has 0 saturated carbocycles. The summed E-state index contributed by atoms with van der Waals surface area (Å²) in [6.45, 7) is 0. The molecule has 0 atom stereocenters. The Balaban J connectivity index is 2.20. The van der Waals surface area contributed by atoms with Crippen LogP contribution in [0, 0.1) is 0 Å². The van der Waals surface area contributed by atoms with Crippen LogP contribution in [0.15, 0.2) is 12.4 Å². The summed E-state index contributed by atoms with van der Waals surface area (Å²) in [6.07, 6.45) is 5.26. The first-order valence-electron chi connectivity index (χ1n) is 3.63. The molecule has 0 amide bonds. The summed E-state index contributed by atoms with van der Waals surface area (Å²) in [7, 11) is 0. The highest BCUT2D eigenvalue weighted by atomic mass is 35.8. The molecule has 0 aliphatic rings. The lowest BCUT2D eigenvalue weighted by Crippen LogP contribution is -2.08. The van der Waals surface area contributed by atoms with Gasteiger partial charge in [-0.2, -0.15) is 0 Å². The fraction of sp³-hybridized carbons (Fsp3) is 0.500. The van der Waals surface area contributed by atoms with Gasteiger partial charge in [0, 0.05) is 18.8 Å². The summed E-state index contributed by atoms with van der Waals surface area (Å²) in [6, 6.07) is -1.72. The topological polar surface area (TPSA) is 28.7 Å². The standard InChI is InChI=1S/C6H9Cl3N2Si/c7-12(8,9)5-1-2-6-10-3-4-11-6/h3-4H,1-2,5H2,(H,10,11). The molecular formula is C6H9Cl3N2Si. The van der Waals surface area contributed by atoms with E-state index in [0.29, 0.717) is 6.04 Å². The molecular weight excluding hydrogens is 235 g/mol. The molecule has 1 aromatic heterocycles. The third kappa shape index (κ3) is 4.35. The quantitative estimate of drug-likeness (QED) is 0.639. The normalized spacial score (nSPS) is 11.9. The zero-order valence-electron chi connectivity index (χ0n) is 6.36. The number of halogens is 3. The van der Waals surface area contributed by atoms with Gasteiger partial charge in [0.25, 0.3) is 0 Å². The second-order valence-electron chi connectivity index (χ2n) is 2.50. The molecule has 0 spiro atoms. The third-order valence-corrected chi connectivity index (χ3v) is 4.05. The number of imidazole rings is 1. The maximum Gasteiger partial charge on any atom is 0.341 e. The molecule has 1 N–H and O–H groups in total. The molecule has 12 heavy (non-hydrogen) atoms. The van der Waals surface area contributed by atoms with E-state index >= 15 is 0 Å². The van der Waals surface area contributed by atoms with Crippen LogP contribution >= 0.6 is 33.2 Å². The number of H-pyrrole nitrogens is 1. The maximum absolute atomic E-state index is 5.71. The van der Waals surface area contributed by atoms with Crippen LogP contribution in [0.25, 0.3) is 0 Å². The van der Waals surface area contributed by atoms with Crippen molar-refractivity contribution in [3.05, 3.63) is 18.2 Å². The molecule has 0 radical (unpaired) electrons. The van der Waals surface area contributed by atoms with Gasteiger partial charge in [-0.05, 0) is 12.5 Å². The Morgan fingerprint density at radius 1 is 1.42 bits per heavy atom. The molecule has 0 aromatic carbocycles. The Hall–Kier alpha value is 0.297. The molecule has 0 saturated heterocycles. The maximum atomic E-state index is 5.71. The average molecular weight is 244 g/mol. The fourth-order valence-electron chi connectivity index (χ4n) is 0.891. The van der Waals surface area contributed by atoms with Crippen molar-refractivity contribution in [3.63, 3.8) is 0 Å². The largest absolute Gasteiger partial charge is 0.349 e. The van der Waals surface area contributed by atoms with E-state index in [-0.39, 0.29) is 0 Å². The van der Waals surface area contributed by atoms with Gasteiger partial charge < -0.3 is 4.98 Å². The van der Waals surface area contributed by atoms with Gasteiger partial charge in [-0.3, -0.25) is 0 Å². The van der Waals surface area contributed by atoms with Crippen molar-refractivity contribution in [2.24, 2.45) is 0 Å². The van der Waals surface area contributed by atoms with Crippen LogP contribution in [0.3, 0.4) is 0 Å². The average Bonchev–Trinajstić information content (AvgIpc) is 2.36. The van der Waals surface area contributed by atoms with Gasteiger partial charge in [0.05, 0.1) is 0 Å². The van der Waals surface area contributed by atoms with Gasteiger partial charge in [0.15, 0.2) is 0 Å². The van der Waals surface area contributed by atoms with Crippen molar-refractivity contribution in [3.8, 4) is 0 Å². The van der Waals surface area contributed by atoms with Crippen LogP contribution in [-0.4, -0.2) is 16.0 Å². The van der Waals surface area contributed by atoms with Crippen LogP contribution in [0.4, 0.5) is 0 Å². The minimum absolute atomic E-state index is 0.693. The Morgan fingerprint density at radius 3 is 2.67 bits per heavy atom. The van der Waals surface area contributed by atoms with Crippen LogP contribution in [0.1, 0.15) is 12.2 Å². The Kier molecular flexibility index (Phi) is 3.90. The Bertz CT molecular complexity index is 219. The number of rotatable bonds is 4. The van der Waals surface area contributed by atoms with Gasteiger partial charge in [-0.15, -0.1) is 33.2 Å². The number of nitrogens with zero attached hydrogens (tertiary/aromatic N) is 1. The molecule has 1 aromatic rings. The van der Waals surface area contributed by atoms with E-state index in [9.17, 15) is 0 Å². The highest BCUT2D eigenvalue weighted by molar-refractivity contribution is 7.64. The molecule has 2 nitrogen and oxygen atoms in total. The first-order valence-corrected chi connectivity index (χ1v) is 8.87. The van der Waals surface area contributed by atoms with Crippen LogP contribution in [-0.2, 0) is 6.42 Å². The second kappa shape index (κ2) is 4.51. The van der Waals surface area contributed by atoms with Gasteiger partial charge >= 0.3 is 6.00 Å². The number of aryl methyl sites for hydroxylation is 1. The molecule has 1 rings (SSSR count). The molecule has 1 heterocycles. The summed E-state index contributed by atoms with van der Waals surface area (Å²) >= 11 is 17.1. The van der Waals surface area contributed by atoms with E-state index in [1.54, 1.807) is 12.4 Å². The zero-order valence-corrected chi connectivity index (χ0v) is 9.62. The summed E-state index contributed by atoms with van der Waals surface area (Å²) in [4.78, 5) is 7.06. The molecule has 0 bridgehead atoms. The van der Waals surface area contributed by atoms with E-state index in [1.165, 1.54) is 0 Å². The smallest absolute Gasteiger partial charge is 0.341 e. The van der Waals surface area contributed by atoms with Gasteiger partial charge in [-0.25, -0.2) is 4.98 Å². The van der Waals surface area contributed by atoms with Crippen LogP contribution in [0.2, 0.25) is 6.04 Å². The monoisotopic (exact) mass is 242 g/mol. The van der Waals surface area contributed by atoms with Crippen molar-refractivity contribution in [2.45, 2.75) is 18.9 Å². The third-order valence-electron chi connectivity index (χ3n) is 1.43. The van der Waals surface area contributed by atoms with E-state index in [2.05, 4.69) is 9.97 Å². The highest BCUT2D eigenvalue weighted by Crippen LogP contribution is 2.26. The molecule has 6 heteroatoms. The fourth-order valence-corrected chi connectivity index (χ4v) is 2.67. The minimum atomic E-state index is -2.42. The Morgan fingerprint density at radius 2 is 2.17 bits per heavy atom. The Labute approximate surface area is 86.4 Å². The van der Waals surface area contributed by atoms with Crippen molar-refractivity contribution in [1.82, 2.24) is 9.97 Å². The summed E-state index contributed by atoms with van der Waals surface area (Å²) in [5.41, 5.74) is 0. The highest BCUT2D eigenvalue weighted by Gasteiger charge is 2.23. The molecule has 0 aliphatic carbocycles. The van der Waals surface area contributed by atoms with Crippen molar-refractivity contribution in [2.75, 3.05) is 0 Å². The summed E-state index contributed by atoms with van der Waals surface area (Å²) in [5, 5.41) is 0.